The van der Waals surface area contributed by atoms with E-state index in [0.717, 1.165) is 24.9 Å². The SMILES string of the molecule is COC(=O)[C@H](c1ccc(F)cc1)N1CCC[C@@H]1C. The van der Waals surface area contributed by atoms with Crippen LogP contribution in [-0.2, 0) is 9.53 Å². The van der Waals surface area contributed by atoms with E-state index in [9.17, 15) is 9.18 Å². The molecule has 1 aliphatic heterocycles. The number of carbonyl (C=O) groups is 1. The number of ether oxygens (including phenoxy) is 1. The van der Waals surface area contributed by atoms with Crippen molar-refractivity contribution in [3.05, 3.63) is 35.6 Å². The van der Waals surface area contributed by atoms with Crippen LogP contribution in [0, 0.1) is 5.82 Å². The van der Waals surface area contributed by atoms with Crippen LogP contribution in [0.5, 0.6) is 0 Å². The molecule has 0 saturated carbocycles. The Balaban J connectivity index is 2.30. The van der Waals surface area contributed by atoms with E-state index in [4.69, 9.17) is 4.74 Å². The second-order valence-electron chi connectivity index (χ2n) is 4.71. The zero-order valence-electron chi connectivity index (χ0n) is 10.7. The highest BCUT2D eigenvalue weighted by atomic mass is 19.1. The predicted molar refractivity (Wildman–Crippen MR) is 66.6 cm³/mol. The van der Waals surface area contributed by atoms with Gasteiger partial charge >= 0.3 is 5.97 Å². The Kier molecular flexibility index (Phi) is 3.97. The summed E-state index contributed by atoms with van der Waals surface area (Å²) in [5.74, 6) is -0.577. The number of methoxy groups -OCH3 is 1. The summed E-state index contributed by atoms with van der Waals surface area (Å²) < 4.78 is 17.8. The molecule has 2 atom stereocenters. The lowest BCUT2D eigenvalue weighted by atomic mass is 10.0. The van der Waals surface area contributed by atoms with Gasteiger partial charge in [-0.1, -0.05) is 12.1 Å². The fourth-order valence-corrected chi connectivity index (χ4v) is 2.56. The molecule has 1 heterocycles. The first-order valence-corrected chi connectivity index (χ1v) is 6.22. The predicted octanol–water partition coefficient (Wildman–Crippen LogP) is 2.52. The van der Waals surface area contributed by atoms with Crippen LogP contribution >= 0.6 is 0 Å². The highest BCUT2D eigenvalue weighted by molar-refractivity contribution is 5.77. The molecule has 0 amide bonds. The van der Waals surface area contributed by atoms with E-state index in [2.05, 4.69) is 11.8 Å². The van der Waals surface area contributed by atoms with Crippen molar-refractivity contribution in [3.8, 4) is 0 Å². The number of carbonyl (C=O) groups excluding carboxylic acids is 1. The van der Waals surface area contributed by atoms with Crippen LogP contribution in [0.15, 0.2) is 24.3 Å². The van der Waals surface area contributed by atoms with Gasteiger partial charge in [0.15, 0.2) is 0 Å². The number of hydrogen-bond acceptors (Lipinski definition) is 3. The first-order chi connectivity index (χ1) is 8.63. The van der Waals surface area contributed by atoms with Gasteiger partial charge < -0.3 is 4.74 Å². The first-order valence-electron chi connectivity index (χ1n) is 6.22. The molecule has 0 aromatic heterocycles. The van der Waals surface area contributed by atoms with Crippen molar-refractivity contribution in [2.45, 2.75) is 31.8 Å². The maximum Gasteiger partial charge on any atom is 0.327 e. The fraction of sp³-hybridized carbons (Fsp3) is 0.500. The highest BCUT2D eigenvalue weighted by Crippen LogP contribution is 2.30. The third-order valence-electron chi connectivity index (χ3n) is 3.55. The molecule has 0 aliphatic carbocycles. The van der Waals surface area contributed by atoms with Crippen molar-refractivity contribution < 1.29 is 13.9 Å². The average molecular weight is 251 g/mol. The van der Waals surface area contributed by atoms with E-state index in [0.29, 0.717) is 6.04 Å². The quantitative estimate of drug-likeness (QED) is 0.773. The largest absolute Gasteiger partial charge is 0.468 e. The zero-order valence-corrected chi connectivity index (χ0v) is 10.7. The molecule has 98 valence electrons. The number of rotatable bonds is 3. The van der Waals surface area contributed by atoms with Crippen molar-refractivity contribution in [1.29, 1.82) is 0 Å². The summed E-state index contributed by atoms with van der Waals surface area (Å²) in [5, 5.41) is 0. The van der Waals surface area contributed by atoms with E-state index in [1.54, 1.807) is 12.1 Å². The standard InChI is InChI=1S/C14H18FNO2/c1-10-4-3-9-16(10)13(14(17)18-2)11-5-7-12(15)8-6-11/h5-8,10,13H,3-4,9H2,1-2H3/t10-,13-/m0/s1. The van der Waals surface area contributed by atoms with Gasteiger partial charge in [-0.05, 0) is 44.0 Å². The van der Waals surface area contributed by atoms with Gasteiger partial charge in [0.2, 0.25) is 0 Å². The van der Waals surface area contributed by atoms with Crippen LogP contribution in [-0.4, -0.2) is 30.6 Å². The normalized spacial score (nSPS) is 21.8. The number of benzene rings is 1. The number of nitrogens with zero attached hydrogens (tertiary/aromatic N) is 1. The summed E-state index contributed by atoms with van der Waals surface area (Å²) >= 11 is 0. The minimum absolute atomic E-state index is 0.282. The molecule has 0 unspecified atom stereocenters. The van der Waals surface area contributed by atoms with Gasteiger partial charge in [-0.15, -0.1) is 0 Å². The smallest absolute Gasteiger partial charge is 0.327 e. The summed E-state index contributed by atoms with van der Waals surface area (Å²) in [4.78, 5) is 14.1. The van der Waals surface area contributed by atoms with Gasteiger partial charge in [-0.3, -0.25) is 4.90 Å². The number of hydrogen-bond donors (Lipinski definition) is 0. The number of likely N-dealkylation sites (tertiary alicyclic amines) is 1. The van der Waals surface area contributed by atoms with Gasteiger partial charge in [-0.2, -0.15) is 0 Å². The zero-order chi connectivity index (χ0) is 13.1. The summed E-state index contributed by atoms with van der Waals surface area (Å²) in [7, 11) is 1.39. The lowest BCUT2D eigenvalue weighted by Crippen LogP contribution is -2.37. The summed E-state index contributed by atoms with van der Waals surface area (Å²) in [6.07, 6.45) is 2.16. The molecule has 4 heteroatoms. The maximum absolute atomic E-state index is 13.0. The van der Waals surface area contributed by atoms with E-state index < -0.39 is 6.04 Å². The van der Waals surface area contributed by atoms with Crippen molar-refractivity contribution in [3.63, 3.8) is 0 Å². The van der Waals surface area contributed by atoms with Gasteiger partial charge in [0.25, 0.3) is 0 Å². The second kappa shape index (κ2) is 5.48. The topological polar surface area (TPSA) is 29.5 Å². The monoisotopic (exact) mass is 251 g/mol. The van der Waals surface area contributed by atoms with Crippen LogP contribution in [0.25, 0.3) is 0 Å². The lowest BCUT2D eigenvalue weighted by Gasteiger charge is -2.29. The molecule has 3 nitrogen and oxygen atoms in total. The van der Waals surface area contributed by atoms with Crippen molar-refractivity contribution in [1.82, 2.24) is 4.90 Å². The molecule has 1 aromatic rings. The molecular formula is C14H18FNO2. The van der Waals surface area contributed by atoms with E-state index in [1.165, 1.54) is 19.2 Å². The molecule has 0 spiro atoms. The van der Waals surface area contributed by atoms with Crippen LogP contribution in [0.1, 0.15) is 31.4 Å². The van der Waals surface area contributed by atoms with Gasteiger partial charge in [-0.25, -0.2) is 9.18 Å². The Labute approximate surface area is 107 Å². The molecule has 2 rings (SSSR count). The van der Waals surface area contributed by atoms with Crippen LogP contribution in [0.4, 0.5) is 4.39 Å². The summed E-state index contributed by atoms with van der Waals surface area (Å²) in [6, 6.07) is 5.99. The fourth-order valence-electron chi connectivity index (χ4n) is 2.56. The highest BCUT2D eigenvalue weighted by Gasteiger charge is 2.34. The van der Waals surface area contributed by atoms with E-state index >= 15 is 0 Å². The first kappa shape index (κ1) is 13.0. The van der Waals surface area contributed by atoms with Gasteiger partial charge in [0.05, 0.1) is 7.11 Å². The van der Waals surface area contributed by atoms with Gasteiger partial charge in [0.1, 0.15) is 11.9 Å². The Hall–Kier alpha value is -1.42. The average Bonchev–Trinajstić information content (AvgIpc) is 2.78. The summed E-state index contributed by atoms with van der Waals surface area (Å²) in [5.41, 5.74) is 0.789. The minimum atomic E-state index is -0.423. The van der Waals surface area contributed by atoms with Crippen molar-refractivity contribution in [2.75, 3.05) is 13.7 Å². The Morgan fingerprint density at radius 1 is 1.44 bits per heavy atom. The Bertz CT molecular complexity index is 418. The van der Waals surface area contributed by atoms with E-state index in [-0.39, 0.29) is 11.8 Å². The van der Waals surface area contributed by atoms with Gasteiger partial charge in [0, 0.05) is 6.04 Å². The molecule has 1 aromatic carbocycles. The molecule has 0 N–H and O–H groups in total. The van der Waals surface area contributed by atoms with Crippen LogP contribution in [0.3, 0.4) is 0 Å². The molecular weight excluding hydrogens is 233 g/mol. The molecule has 1 saturated heterocycles. The van der Waals surface area contributed by atoms with Crippen molar-refractivity contribution in [2.24, 2.45) is 0 Å². The molecule has 0 bridgehead atoms. The third-order valence-corrected chi connectivity index (χ3v) is 3.55. The summed E-state index contributed by atoms with van der Waals surface area (Å²) in [6.45, 7) is 2.98. The number of esters is 1. The van der Waals surface area contributed by atoms with Crippen LogP contribution < -0.4 is 0 Å². The van der Waals surface area contributed by atoms with Crippen molar-refractivity contribution >= 4 is 5.97 Å². The number of halogens is 1. The molecule has 1 aliphatic rings. The third kappa shape index (κ3) is 2.53. The maximum atomic E-state index is 13.0. The molecule has 1 fully saturated rings. The second-order valence-corrected chi connectivity index (χ2v) is 4.71. The molecule has 0 radical (unpaired) electrons. The minimum Gasteiger partial charge on any atom is -0.468 e. The van der Waals surface area contributed by atoms with E-state index in [1.807, 2.05) is 0 Å². The Morgan fingerprint density at radius 2 is 2.11 bits per heavy atom. The van der Waals surface area contributed by atoms with Crippen LogP contribution in [0.2, 0.25) is 0 Å². The lowest BCUT2D eigenvalue weighted by molar-refractivity contribution is -0.147. The molecule has 18 heavy (non-hydrogen) atoms. The Morgan fingerprint density at radius 3 is 2.61 bits per heavy atom.